The zero-order valence-electron chi connectivity index (χ0n) is 14.2. The lowest BCUT2D eigenvalue weighted by atomic mass is 10.0. The van der Waals surface area contributed by atoms with Crippen molar-refractivity contribution < 1.29 is 4.74 Å². The molecule has 2 aliphatic rings. The van der Waals surface area contributed by atoms with Crippen LogP contribution in [0.2, 0.25) is 0 Å². The molecule has 0 aromatic rings. The van der Waals surface area contributed by atoms with E-state index in [-0.39, 0.29) is 0 Å². The summed E-state index contributed by atoms with van der Waals surface area (Å²) >= 11 is 0. The van der Waals surface area contributed by atoms with Crippen LogP contribution in [0.3, 0.4) is 0 Å². The molecular formula is C16H34N4O. The van der Waals surface area contributed by atoms with Crippen molar-refractivity contribution in [3.8, 4) is 0 Å². The molecule has 2 fully saturated rings. The van der Waals surface area contributed by atoms with Gasteiger partial charge in [-0.3, -0.25) is 9.80 Å². The standard InChI is InChI=1S/C16H34N4O/c1-4-6-17-15-5-13-21-14-16(15)20-11-9-19(10-12-20)8-7-18(2)3/h15-17H,4-14H2,1-3H3. The zero-order chi connectivity index (χ0) is 15.1. The number of rotatable bonds is 7. The summed E-state index contributed by atoms with van der Waals surface area (Å²) in [6.45, 7) is 12.3. The van der Waals surface area contributed by atoms with Crippen LogP contribution in [0, 0.1) is 0 Å². The van der Waals surface area contributed by atoms with E-state index in [0.717, 1.165) is 32.7 Å². The van der Waals surface area contributed by atoms with Gasteiger partial charge in [-0.1, -0.05) is 6.92 Å². The summed E-state index contributed by atoms with van der Waals surface area (Å²) < 4.78 is 5.75. The lowest BCUT2D eigenvalue weighted by Gasteiger charge is -2.44. The van der Waals surface area contributed by atoms with Crippen LogP contribution in [-0.2, 0) is 4.74 Å². The molecule has 2 atom stereocenters. The summed E-state index contributed by atoms with van der Waals surface area (Å²) in [5.74, 6) is 0. The van der Waals surface area contributed by atoms with Crippen LogP contribution in [-0.4, -0.2) is 99.9 Å². The quantitative estimate of drug-likeness (QED) is 0.732. The van der Waals surface area contributed by atoms with E-state index in [1.54, 1.807) is 0 Å². The number of hydrogen-bond acceptors (Lipinski definition) is 5. The Balaban J connectivity index is 1.76. The van der Waals surface area contributed by atoms with Gasteiger partial charge in [-0.15, -0.1) is 0 Å². The normalized spacial score (nSPS) is 29.1. The molecule has 2 aliphatic heterocycles. The number of nitrogens with one attached hydrogen (secondary N) is 1. The van der Waals surface area contributed by atoms with E-state index in [0.29, 0.717) is 12.1 Å². The first-order valence-electron chi connectivity index (χ1n) is 8.63. The predicted octanol–water partition coefficient (Wildman–Crippen LogP) is 0.323. The molecule has 0 aromatic carbocycles. The monoisotopic (exact) mass is 298 g/mol. The van der Waals surface area contributed by atoms with E-state index < -0.39 is 0 Å². The Hall–Kier alpha value is -0.200. The molecule has 0 spiro atoms. The van der Waals surface area contributed by atoms with Crippen molar-refractivity contribution in [1.29, 1.82) is 0 Å². The van der Waals surface area contributed by atoms with E-state index >= 15 is 0 Å². The summed E-state index contributed by atoms with van der Waals surface area (Å²) in [4.78, 5) is 7.51. The molecule has 5 heteroatoms. The van der Waals surface area contributed by atoms with E-state index in [2.05, 4.69) is 41.0 Å². The van der Waals surface area contributed by atoms with Gasteiger partial charge in [-0.05, 0) is 33.5 Å². The fourth-order valence-corrected chi connectivity index (χ4v) is 3.31. The molecule has 0 radical (unpaired) electrons. The first-order chi connectivity index (χ1) is 10.2. The maximum Gasteiger partial charge on any atom is 0.0637 e. The van der Waals surface area contributed by atoms with Crippen molar-refractivity contribution in [2.24, 2.45) is 0 Å². The topological polar surface area (TPSA) is 31.0 Å². The average molecular weight is 298 g/mol. The molecule has 5 nitrogen and oxygen atoms in total. The molecule has 0 aromatic heterocycles. The summed E-state index contributed by atoms with van der Waals surface area (Å²) in [6.07, 6.45) is 2.37. The predicted molar refractivity (Wildman–Crippen MR) is 87.9 cm³/mol. The number of ether oxygens (including phenoxy) is 1. The van der Waals surface area contributed by atoms with Gasteiger partial charge in [0, 0.05) is 58.0 Å². The lowest BCUT2D eigenvalue weighted by Crippen LogP contribution is -2.60. The second-order valence-corrected chi connectivity index (χ2v) is 6.67. The fraction of sp³-hybridized carbons (Fsp3) is 1.00. The highest BCUT2D eigenvalue weighted by molar-refractivity contribution is 4.89. The third-order valence-electron chi connectivity index (χ3n) is 4.72. The summed E-state index contributed by atoms with van der Waals surface area (Å²) in [6, 6.07) is 1.19. The minimum atomic E-state index is 0.571. The molecule has 0 aliphatic carbocycles. The Morgan fingerprint density at radius 2 is 1.95 bits per heavy atom. The Bertz CT molecular complexity index is 279. The van der Waals surface area contributed by atoms with Crippen LogP contribution in [0.25, 0.3) is 0 Å². The first-order valence-corrected chi connectivity index (χ1v) is 8.63. The Morgan fingerprint density at radius 1 is 1.19 bits per heavy atom. The molecule has 1 N–H and O–H groups in total. The fourth-order valence-electron chi connectivity index (χ4n) is 3.31. The van der Waals surface area contributed by atoms with Crippen molar-refractivity contribution in [3.05, 3.63) is 0 Å². The Kier molecular flexibility index (Phi) is 7.40. The van der Waals surface area contributed by atoms with Gasteiger partial charge in [0.1, 0.15) is 0 Å². The molecule has 0 saturated carbocycles. The van der Waals surface area contributed by atoms with Gasteiger partial charge in [0.05, 0.1) is 6.61 Å². The summed E-state index contributed by atoms with van der Waals surface area (Å²) in [5, 5.41) is 3.73. The lowest BCUT2D eigenvalue weighted by molar-refractivity contribution is -0.0203. The highest BCUT2D eigenvalue weighted by Crippen LogP contribution is 2.16. The van der Waals surface area contributed by atoms with Crippen molar-refractivity contribution in [2.75, 3.05) is 73.1 Å². The van der Waals surface area contributed by atoms with Crippen LogP contribution in [0.15, 0.2) is 0 Å². The third-order valence-corrected chi connectivity index (χ3v) is 4.72. The van der Waals surface area contributed by atoms with Gasteiger partial charge >= 0.3 is 0 Å². The van der Waals surface area contributed by atoms with Crippen molar-refractivity contribution in [3.63, 3.8) is 0 Å². The van der Waals surface area contributed by atoms with Crippen LogP contribution in [0.1, 0.15) is 19.8 Å². The molecule has 0 amide bonds. The second kappa shape index (κ2) is 9.06. The number of likely N-dealkylation sites (N-methyl/N-ethyl adjacent to an activating group) is 1. The molecule has 2 saturated heterocycles. The van der Waals surface area contributed by atoms with Gasteiger partial charge < -0.3 is 15.0 Å². The minimum absolute atomic E-state index is 0.571. The Morgan fingerprint density at radius 3 is 2.62 bits per heavy atom. The number of hydrogen-bond donors (Lipinski definition) is 1. The van der Waals surface area contributed by atoms with Gasteiger partial charge in [0.15, 0.2) is 0 Å². The first kappa shape index (κ1) is 17.2. The van der Waals surface area contributed by atoms with Crippen molar-refractivity contribution >= 4 is 0 Å². The SMILES string of the molecule is CCCNC1CCOCC1N1CCN(CCN(C)C)CC1. The van der Waals surface area contributed by atoms with Crippen molar-refractivity contribution in [2.45, 2.75) is 31.8 Å². The van der Waals surface area contributed by atoms with E-state index in [1.807, 2.05) is 0 Å². The maximum absolute atomic E-state index is 5.75. The van der Waals surface area contributed by atoms with Gasteiger partial charge in [-0.2, -0.15) is 0 Å². The zero-order valence-corrected chi connectivity index (χ0v) is 14.2. The molecule has 2 heterocycles. The molecule has 2 unspecified atom stereocenters. The van der Waals surface area contributed by atoms with Gasteiger partial charge in [0.25, 0.3) is 0 Å². The van der Waals surface area contributed by atoms with Gasteiger partial charge in [-0.25, -0.2) is 0 Å². The third kappa shape index (κ3) is 5.49. The van der Waals surface area contributed by atoms with E-state index in [9.17, 15) is 0 Å². The Labute approximate surface area is 130 Å². The highest BCUT2D eigenvalue weighted by atomic mass is 16.5. The molecule has 124 valence electrons. The molecule has 2 rings (SSSR count). The average Bonchev–Trinajstić information content (AvgIpc) is 2.52. The highest BCUT2D eigenvalue weighted by Gasteiger charge is 2.32. The maximum atomic E-state index is 5.75. The van der Waals surface area contributed by atoms with E-state index in [4.69, 9.17) is 4.74 Å². The van der Waals surface area contributed by atoms with Gasteiger partial charge in [0.2, 0.25) is 0 Å². The molecular weight excluding hydrogens is 264 g/mol. The minimum Gasteiger partial charge on any atom is -0.380 e. The number of piperazine rings is 1. The molecule has 0 bridgehead atoms. The summed E-state index contributed by atoms with van der Waals surface area (Å²) in [7, 11) is 4.30. The largest absolute Gasteiger partial charge is 0.380 e. The smallest absolute Gasteiger partial charge is 0.0637 e. The van der Waals surface area contributed by atoms with Crippen LogP contribution in [0.4, 0.5) is 0 Å². The van der Waals surface area contributed by atoms with E-state index in [1.165, 1.54) is 39.1 Å². The van der Waals surface area contributed by atoms with Crippen LogP contribution < -0.4 is 5.32 Å². The number of nitrogens with zero attached hydrogens (tertiary/aromatic N) is 3. The van der Waals surface area contributed by atoms with Crippen LogP contribution >= 0.6 is 0 Å². The van der Waals surface area contributed by atoms with Crippen LogP contribution in [0.5, 0.6) is 0 Å². The summed E-state index contributed by atoms with van der Waals surface area (Å²) in [5.41, 5.74) is 0. The second-order valence-electron chi connectivity index (χ2n) is 6.67. The van der Waals surface area contributed by atoms with Crippen molar-refractivity contribution in [1.82, 2.24) is 20.0 Å². The molecule has 21 heavy (non-hydrogen) atoms.